The van der Waals surface area contributed by atoms with Gasteiger partial charge >= 0.3 is 5.63 Å². The Hall–Kier alpha value is -2.01. The summed E-state index contributed by atoms with van der Waals surface area (Å²) >= 11 is 0. The van der Waals surface area contributed by atoms with E-state index in [2.05, 4.69) is 0 Å². The van der Waals surface area contributed by atoms with Crippen LogP contribution in [-0.2, 0) is 17.6 Å². The van der Waals surface area contributed by atoms with Gasteiger partial charge in [0.2, 0.25) is 6.29 Å². The van der Waals surface area contributed by atoms with Crippen LogP contribution in [0.5, 0.6) is 11.5 Å². The van der Waals surface area contributed by atoms with Crippen LogP contribution in [0.3, 0.4) is 0 Å². The van der Waals surface area contributed by atoms with Crippen LogP contribution in [-0.4, -0.2) is 20.0 Å². The molecule has 22 heavy (non-hydrogen) atoms. The largest absolute Gasteiger partial charge is 0.496 e. The van der Waals surface area contributed by atoms with Crippen LogP contribution in [0.25, 0.3) is 11.0 Å². The standard InChI is InChI=1S/C17H16O5/c1-19-11-7-12-14(10-5-6-20-17(10)21-12)15-13(11)8-3-2-4-9(8)16(18)22-15/h7,10,17H,2-6H2,1H3/t10-,17+/m0/s1. The SMILES string of the molecule is COc1cc2c(c3oc(=O)c4c(c13)CCC4)[C@@H]1CCO[C@@H]1O2. The van der Waals surface area contributed by atoms with Gasteiger partial charge in [-0.1, -0.05) is 0 Å². The van der Waals surface area contributed by atoms with E-state index in [1.807, 2.05) is 6.07 Å². The Morgan fingerprint density at radius 1 is 1.27 bits per heavy atom. The molecule has 3 heterocycles. The maximum atomic E-state index is 12.3. The highest BCUT2D eigenvalue weighted by atomic mass is 16.7. The van der Waals surface area contributed by atoms with Crippen molar-refractivity contribution in [3.63, 3.8) is 0 Å². The van der Waals surface area contributed by atoms with E-state index in [4.69, 9.17) is 18.6 Å². The fraction of sp³-hybridized carbons (Fsp3) is 0.471. The van der Waals surface area contributed by atoms with Crippen LogP contribution in [0.15, 0.2) is 15.3 Å². The first-order chi connectivity index (χ1) is 10.8. The van der Waals surface area contributed by atoms with Crippen LogP contribution in [0.4, 0.5) is 0 Å². The summed E-state index contributed by atoms with van der Waals surface area (Å²) in [6, 6.07) is 1.91. The maximum absolute atomic E-state index is 12.3. The molecule has 0 spiro atoms. The summed E-state index contributed by atoms with van der Waals surface area (Å²) in [4.78, 5) is 12.3. The van der Waals surface area contributed by atoms with Gasteiger partial charge in [0, 0.05) is 17.2 Å². The Bertz CT molecular complexity index is 850. The second kappa shape index (κ2) is 4.26. The molecule has 0 radical (unpaired) electrons. The zero-order valence-electron chi connectivity index (χ0n) is 12.3. The third-order valence-electron chi connectivity index (χ3n) is 5.08. The fourth-order valence-electron chi connectivity index (χ4n) is 4.11. The van der Waals surface area contributed by atoms with Gasteiger partial charge in [0.25, 0.3) is 0 Å². The molecule has 0 amide bonds. The van der Waals surface area contributed by atoms with Crippen molar-refractivity contribution in [2.75, 3.05) is 13.7 Å². The van der Waals surface area contributed by atoms with E-state index in [0.717, 1.165) is 59.3 Å². The number of rotatable bonds is 1. The zero-order valence-corrected chi connectivity index (χ0v) is 12.3. The minimum absolute atomic E-state index is 0.144. The molecule has 0 saturated carbocycles. The molecule has 0 N–H and O–H groups in total. The maximum Gasteiger partial charge on any atom is 0.339 e. The molecule has 1 aliphatic carbocycles. The molecule has 3 aliphatic rings. The van der Waals surface area contributed by atoms with E-state index in [9.17, 15) is 4.79 Å². The van der Waals surface area contributed by atoms with E-state index in [-0.39, 0.29) is 17.8 Å². The van der Waals surface area contributed by atoms with Crippen LogP contribution in [0.2, 0.25) is 0 Å². The normalized spacial score (nSPS) is 25.0. The smallest absolute Gasteiger partial charge is 0.339 e. The zero-order chi connectivity index (χ0) is 14.8. The third kappa shape index (κ3) is 1.44. The van der Waals surface area contributed by atoms with E-state index >= 15 is 0 Å². The molecular formula is C17H16O5. The number of fused-ring (bicyclic) bond motifs is 7. The van der Waals surface area contributed by atoms with Crippen molar-refractivity contribution >= 4 is 11.0 Å². The molecular weight excluding hydrogens is 284 g/mol. The Morgan fingerprint density at radius 2 is 2.14 bits per heavy atom. The average molecular weight is 300 g/mol. The first kappa shape index (κ1) is 12.5. The van der Waals surface area contributed by atoms with Crippen LogP contribution in [0.1, 0.15) is 35.4 Å². The van der Waals surface area contributed by atoms with Gasteiger partial charge in [-0.2, -0.15) is 0 Å². The van der Waals surface area contributed by atoms with Gasteiger partial charge in [0.15, 0.2) is 0 Å². The Kier molecular flexibility index (Phi) is 2.42. The van der Waals surface area contributed by atoms with Crippen molar-refractivity contribution in [3.8, 4) is 11.5 Å². The number of aryl methyl sites for hydroxylation is 1. The number of hydrogen-bond acceptors (Lipinski definition) is 5. The van der Waals surface area contributed by atoms with Crippen molar-refractivity contribution in [2.24, 2.45) is 0 Å². The van der Waals surface area contributed by atoms with Crippen molar-refractivity contribution in [2.45, 2.75) is 37.9 Å². The molecule has 1 aromatic carbocycles. The molecule has 5 nitrogen and oxygen atoms in total. The van der Waals surface area contributed by atoms with E-state index in [1.165, 1.54) is 0 Å². The predicted molar refractivity (Wildman–Crippen MR) is 78.8 cm³/mol. The summed E-state index contributed by atoms with van der Waals surface area (Å²) in [7, 11) is 1.64. The van der Waals surface area contributed by atoms with Crippen LogP contribution in [0, 0.1) is 0 Å². The second-order valence-corrected chi connectivity index (χ2v) is 6.15. The van der Waals surface area contributed by atoms with Crippen molar-refractivity contribution in [3.05, 3.63) is 33.2 Å². The molecule has 2 atom stereocenters. The highest BCUT2D eigenvalue weighted by molar-refractivity contribution is 5.93. The average Bonchev–Trinajstić information content (AvgIpc) is 3.20. The summed E-state index contributed by atoms with van der Waals surface area (Å²) < 4.78 is 22.8. The Balaban J connectivity index is 1.91. The van der Waals surface area contributed by atoms with Gasteiger partial charge in [-0.15, -0.1) is 0 Å². The molecule has 2 aromatic rings. The number of benzene rings is 1. The lowest BCUT2D eigenvalue weighted by Crippen LogP contribution is -2.14. The summed E-state index contributed by atoms with van der Waals surface area (Å²) in [5.74, 6) is 1.58. The van der Waals surface area contributed by atoms with E-state index < -0.39 is 0 Å². The lowest BCUT2D eigenvalue weighted by atomic mass is 9.94. The van der Waals surface area contributed by atoms with Crippen molar-refractivity contribution in [1.29, 1.82) is 0 Å². The molecule has 0 unspecified atom stereocenters. The number of hydrogen-bond donors (Lipinski definition) is 0. The second-order valence-electron chi connectivity index (χ2n) is 6.15. The highest BCUT2D eigenvalue weighted by Crippen LogP contribution is 2.51. The van der Waals surface area contributed by atoms with Crippen LogP contribution < -0.4 is 15.1 Å². The molecule has 1 fully saturated rings. The van der Waals surface area contributed by atoms with Gasteiger partial charge < -0.3 is 18.6 Å². The lowest BCUT2D eigenvalue weighted by molar-refractivity contribution is -0.0337. The Morgan fingerprint density at radius 3 is 3.00 bits per heavy atom. The summed E-state index contributed by atoms with van der Waals surface area (Å²) in [6.45, 7) is 0.678. The third-order valence-corrected chi connectivity index (χ3v) is 5.08. The summed E-state index contributed by atoms with van der Waals surface area (Å²) in [5.41, 5.74) is 3.30. The summed E-state index contributed by atoms with van der Waals surface area (Å²) in [5, 5.41) is 0.949. The molecule has 1 aromatic heterocycles. The predicted octanol–water partition coefficient (Wildman–Crippen LogP) is 2.51. The van der Waals surface area contributed by atoms with E-state index in [0.29, 0.717) is 12.2 Å². The van der Waals surface area contributed by atoms with Gasteiger partial charge in [0.05, 0.1) is 25.0 Å². The first-order valence-electron chi connectivity index (χ1n) is 7.75. The molecule has 2 aliphatic heterocycles. The molecule has 0 bridgehead atoms. The summed E-state index contributed by atoms with van der Waals surface area (Å²) in [6.07, 6.45) is 3.31. The Labute approximate surface area is 126 Å². The fourth-order valence-corrected chi connectivity index (χ4v) is 4.11. The monoisotopic (exact) mass is 300 g/mol. The lowest BCUT2D eigenvalue weighted by Gasteiger charge is -2.13. The van der Waals surface area contributed by atoms with Gasteiger partial charge in [0.1, 0.15) is 17.1 Å². The van der Waals surface area contributed by atoms with E-state index in [1.54, 1.807) is 7.11 Å². The molecule has 5 heteroatoms. The van der Waals surface area contributed by atoms with Crippen LogP contribution >= 0.6 is 0 Å². The molecule has 5 rings (SSSR count). The molecule has 114 valence electrons. The highest BCUT2D eigenvalue weighted by Gasteiger charge is 2.42. The van der Waals surface area contributed by atoms with Gasteiger partial charge in [-0.25, -0.2) is 4.79 Å². The van der Waals surface area contributed by atoms with Gasteiger partial charge in [-0.3, -0.25) is 0 Å². The minimum atomic E-state index is -0.260. The number of ether oxygens (including phenoxy) is 3. The number of methoxy groups -OCH3 is 1. The quantitative estimate of drug-likeness (QED) is 0.757. The first-order valence-corrected chi connectivity index (χ1v) is 7.75. The van der Waals surface area contributed by atoms with Gasteiger partial charge in [-0.05, 0) is 31.2 Å². The van der Waals surface area contributed by atoms with Crippen molar-refractivity contribution < 1.29 is 18.6 Å². The topological polar surface area (TPSA) is 57.9 Å². The molecule has 1 saturated heterocycles. The van der Waals surface area contributed by atoms with Crippen molar-refractivity contribution in [1.82, 2.24) is 0 Å². The minimum Gasteiger partial charge on any atom is -0.496 e.